The summed E-state index contributed by atoms with van der Waals surface area (Å²) in [7, 11) is 1.95. The second-order valence-corrected chi connectivity index (χ2v) is 5.95. The van der Waals surface area contributed by atoms with Gasteiger partial charge < -0.3 is 9.88 Å². The molecule has 0 saturated carbocycles. The van der Waals surface area contributed by atoms with Gasteiger partial charge in [-0.25, -0.2) is 0 Å². The monoisotopic (exact) mass is 315 g/mol. The number of fused-ring (bicyclic) bond motifs is 2. The van der Waals surface area contributed by atoms with Crippen LogP contribution in [-0.4, -0.2) is 15.5 Å². The van der Waals surface area contributed by atoms with Crippen molar-refractivity contribution in [1.29, 1.82) is 0 Å². The number of aromatic nitrogens is 2. The van der Waals surface area contributed by atoms with Gasteiger partial charge in [-0.1, -0.05) is 24.3 Å². The molecule has 1 N–H and O–H groups in total. The van der Waals surface area contributed by atoms with E-state index in [1.54, 1.807) is 6.20 Å². The molecule has 118 valence electrons. The average Bonchev–Trinajstić information content (AvgIpc) is 2.95. The molecule has 0 bridgehead atoms. The molecule has 4 nitrogen and oxygen atoms in total. The quantitative estimate of drug-likeness (QED) is 0.600. The molecule has 2 heterocycles. The Bertz CT molecular complexity index is 1080. The van der Waals surface area contributed by atoms with Crippen molar-refractivity contribution in [2.45, 2.75) is 6.92 Å². The molecule has 2 aromatic carbocycles. The van der Waals surface area contributed by atoms with Gasteiger partial charge in [-0.15, -0.1) is 0 Å². The number of carbonyl (C=O) groups is 1. The smallest absolute Gasteiger partial charge is 0.257 e. The first-order chi connectivity index (χ1) is 11.6. The molecule has 0 radical (unpaired) electrons. The van der Waals surface area contributed by atoms with Crippen LogP contribution in [0, 0.1) is 6.92 Å². The summed E-state index contributed by atoms with van der Waals surface area (Å²) in [5.41, 5.74) is 4.49. The van der Waals surface area contributed by atoms with Gasteiger partial charge in [-0.05, 0) is 36.8 Å². The van der Waals surface area contributed by atoms with E-state index in [0.717, 1.165) is 33.1 Å². The van der Waals surface area contributed by atoms with Crippen molar-refractivity contribution in [2.75, 3.05) is 5.32 Å². The van der Waals surface area contributed by atoms with E-state index in [-0.39, 0.29) is 5.91 Å². The van der Waals surface area contributed by atoms with Crippen LogP contribution in [0.15, 0.2) is 60.9 Å². The van der Waals surface area contributed by atoms with Crippen LogP contribution in [0.5, 0.6) is 0 Å². The third-order valence-corrected chi connectivity index (χ3v) is 4.36. The molecular formula is C20H17N3O. The van der Waals surface area contributed by atoms with Gasteiger partial charge in [0.15, 0.2) is 0 Å². The third-order valence-electron chi connectivity index (χ3n) is 4.36. The zero-order valence-electron chi connectivity index (χ0n) is 13.6. The van der Waals surface area contributed by atoms with Crippen LogP contribution < -0.4 is 5.32 Å². The zero-order chi connectivity index (χ0) is 16.7. The third kappa shape index (κ3) is 2.24. The molecule has 0 spiro atoms. The molecule has 4 rings (SSSR count). The Morgan fingerprint density at radius 2 is 1.83 bits per heavy atom. The highest BCUT2D eigenvalue weighted by Crippen LogP contribution is 2.26. The van der Waals surface area contributed by atoms with Crippen LogP contribution >= 0.6 is 0 Å². The highest BCUT2D eigenvalue weighted by molar-refractivity contribution is 6.15. The van der Waals surface area contributed by atoms with E-state index in [2.05, 4.69) is 10.3 Å². The largest absolute Gasteiger partial charge is 0.350 e. The second kappa shape index (κ2) is 5.49. The zero-order valence-corrected chi connectivity index (χ0v) is 13.6. The number of amides is 1. The van der Waals surface area contributed by atoms with Crippen LogP contribution in [0.2, 0.25) is 0 Å². The predicted molar refractivity (Wildman–Crippen MR) is 97.4 cm³/mol. The molecule has 0 saturated heterocycles. The Kier molecular flexibility index (Phi) is 3.31. The first-order valence-corrected chi connectivity index (χ1v) is 7.85. The molecular weight excluding hydrogens is 298 g/mol. The van der Waals surface area contributed by atoms with Crippen molar-refractivity contribution < 1.29 is 4.79 Å². The summed E-state index contributed by atoms with van der Waals surface area (Å²) in [6.07, 6.45) is 3.64. The van der Waals surface area contributed by atoms with E-state index in [0.29, 0.717) is 5.56 Å². The van der Waals surface area contributed by atoms with Crippen molar-refractivity contribution in [1.82, 2.24) is 9.55 Å². The van der Waals surface area contributed by atoms with E-state index in [1.165, 1.54) is 0 Å². The standard InChI is InChI=1S/C20H17N3O/c1-13-9-10-17(15-7-5-11-21-19(13)15)22-20(24)16-12-23(2)18-8-4-3-6-14(16)18/h3-12H,1-2H3,(H,22,24). The van der Waals surface area contributed by atoms with E-state index >= 15 is 0 Å². The summed E-state index contributed by atoms with van der Waals surface area (Å²) in [6, 6.07) is 15.7. The predicted octanol–water partition coefficient (Wildman–Crippen LogP) is 4.29. The number of benzene rings is 2. The minimum Gasteiger partial charge on any atom is -0.350 e. The van der Waals surface area contributed by atoms with E-state index in [4.69, 9.17) is 0 Å². The molecule has 0 fully saturated rings. The van der Waals surface area contributed by atoms with Gasteiger partial charge in [0.05, 0.1) is 16.8 Å². The minimum absolute atomic E-state index is 0.110. The average molecular weight is 315 g/mol. The van der Waals surface area contributed by atoms with Crippen molar-refractivity contribution in [3.05, 3.63) is 72.1 Å². The Morgan fingerprint density at radius 3 is 2.71 bits per heavy atom. The lowest BCUT2D eigenvalue weighted by Crippen LogP contribution is -2.12. The summed E-state index contributed by atoms with van der Waals surface area (Å²) < 4.78 is 1.97. The summed E-state index contributed by atoms with van der Waals surface area (Å²) in [6.45, 7) is 2.02. The lowest BCUT2D eigenvalue weighted by atomic mass is 10.1. The second-order valence-electron chi connectivity index (χ2n) is 5.95. The lowest BCUT2D eigenvalue weighted by molar-refractivity contribution is 0.102. The highest BCUT2D eigenvalue weighted by Gasteiger charge is 2.15. The number of aryl methyl sites for hydroxylation is 2. The fourth-order valence-corrected chi connectivity index (χ4v) is 3.14. The molecule has 2 aromatic heterocycles. The molecule has 4 heteroatoms. The number of carbonyl (C=O) groups excluding carboxylic acids is 1. The van der Waals surface area contributed by atoms with Gasteiger partial charge in [0.2, 0.25) is 0 Å². The van der Waals surface area contributed by atoms with Crippen molar-refractivity contribution >= 4 is 33.4 Å². The summed E-state index contributed by atoms with van der Waals surface area (Å²) in [5.74, 6) is -0.110. The number of nitrogens with zero attached hydrogens (tertiary/aromatic N) is 2. The summed E-state index contributed by atoms with van der Waals surface area (Å²) in [4.78, 5) is 17.2. The van der Waals surface area contributed by atoms with Crippen molar-refractivity contribution in [2.24, 2.45) is 7.05 Å². The molecule has 0 aliphatic heterocycles. The van der Waals surface area contributed by atoms with E-state index in [9.17, 15) is 4.79 Å². The van der Waals surface area contributed by atoms with E-state index in [1.807, 2.05) is 73.3 Å². The van der Waals surface area contributed by atoms with Gasteiger partial charge in [-0.2, -0.15) is 0 Å². The molecule has 0 aliphatic carbocycles. The number of rotatable bonds is 2. The molecule has 0 aliphatic rings. The van der Waals surface area contributed by atoms with Gasteiger partial charge in [0.1, 0.15) is 0 Å². The van der Waals surface area contributed by atoms with Gasteiger partial charge >= 0.3 is 0 Å². The maximum atomic E-state index is 12.8. The van der Waals surface area contributed by atoms with Gasteiger partial charge in [-0.3, -0.25) is 9.78 Å². The molecule has 1 amide bonds. The summed E-state index contributed by atoms with van der Waals surface area (Å²) >= 11 is 0. The molecule has 4 aromatic rings. The number of anilines is 1. The number of para-hydroxylation sites is 1. The minimum atomic E-state index is -0.110. The normalized spacial score (nSPS) is 11.1. The van der Waals surface area contributed by atoms with Crippen molar-refractivity contribution in [3.8, 4) is 0 Å². The van der Waals surface area contributed by atoms with Gasteiger partial charge in [0.25, 0.3) is 5.91 Å². The first-order valence-electron chi connectivity index (χ1n) is 7.85. The maximum Gasteiger partial charge on any atom is 0.257 e. The lowest BCUT2D eigenvalue weighted by Gasteiger charge is -2.09. The van der Waals surface area contributed by atoms with Crippen LogP contribution in [-0.2, 0) is 7.05 Å². The Morgan fingerprint density at radius 1 is 1.04 bits per heavy atom. The fourth-order valence-electron chi connectivity index (χ4n) is 3.14. The van der Waals surface area contributed by atoms with Crippen molar-refractivity contribution in [3.63, 3.8) is 0 Å². The Hall–Kier alpha value is -3.14. The van der Waals surface area contributed by atoms with Crippen LogP contribution in [0.4, 0.5) is 5.69 Å². The van der Waals surface area contributed by atoms with Gasteiger partial charge in [0, 0.05) is 35.7 Å². The topological polar surface area (TPSA) is 46.9 Å². The molecule has 0 atom stereocenters. The Balaban J connectivity index is 1.78. The molecule has 0 unspecified atom stereocenters. The van der Waals surface area contributed by atoms with Crippen LogP contribution in [0.1, 0.15) is 15.9 Å². The van der Waals surface area contributed by atoms with Crippen LogP contribution in [0.25, 0.3) is 21.8 Å². The maximum absolute atomic E-state index is 12.8. The number of hydrogen-bond donors (Lipinski definition) is 1. The SMILES string of the molecule is Cc1ccc(NC(=O)c2cn(C)c3ccccc23)c2cccnc12. The number of nitrogens with one attached hydrogen (secondary N) is 1. The van der Waals surface area contributed by atoms with E-state index < -0.39 is 0 Å². The van der Waals surface area contributed by atoms with Crippen LogP contribution in [0.3, 0.4) is 0 Å². The number of pyridine rings is 1. The highest BCUT2D eigenvalue weighted by atomic mass is 16.1. The fraction of sp³-hybridized carbons (Fsp3) is 0.100. The molecule has 24 heavy (non-hydrogen) atoms. The number of hydrogen-bond acceptors (Lipinski definition) is 2. The first kappa shape index (κ1) is 14.5. The Labute approximate surface area is 139 Å². The summed E-state index contributed by atoms with van der Waals surface area (Å²) in [5, 5.41) is 4.94.